The van der Waals surface area contributed by atoms with Crippen molar-refractivity contribution >= 4 is 21.4 Å². The second-order valence-corrected chi connectivity index (χ2v) is 8.05. The molecule has 1 saturated carbocycles. The van der Waals surface area contributed by atoms with Gasteiger partial charge in [0, 0.05) is 11.6 Å². The molecule has 0 atom stereocenters. The molecule has 1 amide bonds. The summed E-state index contributed by atoms with van der Waals surface area (Å²) in [6.45, 7) is 0. The lowest BCUT2D eigenvalue weighted by Gasteiger charge is -2.08. The molecule has 1 aliphatic carbocycles. The maximum absolute atomic E-state index is 12.3. The zero-order valence-corrected chi connectivity index (χ0v) is 13.6. The SMILES string of the molecule is O=C(Nc1cccc(CS(=O)(=O)Cc2ccccc2)c1)C1CC1. The molecule has 0 aliphatic heterocycles. The minimum absolute atomic E-state index is 0.0203. The van der Waals surface area contributed by atoms with Gasteiger partial charge >= 0.3 is 0 Å². The molecule has 2 aromatic rings. The largest absolute Gasteiger partial charge is 0.326 e. The van der Waals surface area contributed by atoms with Crippen LogP contribution in [0.2, 0.25) is 0 Å². The highest BCUT2D eigenvalue weighted by atomic mass is 32.2. The van der Waals surface area contributed by atoms with E-state index in [9.17, 15) is 13.2 Å². The van der Waals surface area contributed by atoms with Crippen molar-refractivity contribution in [1.29, 1.82) is 0 Å². The normalized spacial score (nSPS) is 14.4. The molecule has 1 N–H and O–H groups in total. The zero-order chi connectivity index (χ0) is 16.3. The van der Waals surface area contributed by atoms with Crippen LogP contribution in [0.15, 0.2) is 54.6 Å². The Morgan fingerprint density at radius 2 is 1.61 bits per heavy atom. The van der Waals surface area contributed by atoms with Crippen molar-refractivity contribution in [1.82, 2.24) is 0 Å². The molecule has 1 fully saturated rings. The smallest absolute Gasteiger partial charge is 0.227 e. The van der Waals surface area contributed by atoms with Crippen LogP contribution in [0.3, 0.4) is 0 Å². The molecule has 0 bridgehead atoms. The summed E-state index contributed by atoms with van der Waals surface area (Å²) in [5, 5.41) is 2.85. The predicted molar refractivity (Wildman–Crippen MR) is 90.6 cm³/mol. The van der Waals surface area contributed by atoms with Crippen LogP contribution >= 0.6 is 0 Å². The van der Waals surface area contributed by atoms with E-state index in [1.54, 1.807) is 24.3 Å². The molecular weight excluding hydrogens is 310 g/mol. The monoisotopic (exact) mass is 329 g/mol. The predicted octanol–water partition coefficient (Wildman–Crippen LogP) is 3.15. The molecule has 0 radical (unpaired) electrons. The maximum atomic E-state index is 12.3. The lowest BCUT2D eigenvalue weighted by atomic mass is 10.2. The van der Waals surface area contributed by atoms with Crippen molar-refractivity contribution in [3.05, 3.63) is 65.7 Å². The van der Waals surface area contributed by atoms with E-state index in [0.717, 1.165) is 18.4 Å². The second-order valence-electron chi connectivity index (χ2n) is 5.98. The van der Waals surface area contributed by atoms with E-state index in [1.165, 1.54) is 0 Å². The van der Waals surface area contributed by atoms with E-state index in [4.69, 9.17) is 0 Å². The molecule has 0 saturated heterocycles. The molecule has 1 aliphatic rings. The summed E-state index contributed by atoms with van der Waals surface area (Å²) in [5.41, 5.74) is 2.13. The third kappa shape index (κ3) is 4.66. The van der Waals surface area contributed by atoms with Crippen LogP contribution in [-0.2, 0) is 26.1 Å². The van der Waals surface area contributed by atoms with Gasteiger partial charge in [0.1, 0.15) is 0 Å². The molecule has 0 aromatic heterocycles. The molecule has 0 spiro atoms. The number of hydrogen-bond acceptors (Lipinski definition) is 3. The Balaban J connectivity index is 1.68. The van der Waals surface area contributed by atoms with Gasteiger partial charge in [-0.3, -0.25) is 4.79 Å². The van der Waals surface area contributed by atoms with Gasteiger partial charge in [0.2, 0.25) is 5.91 Å². The Morgan fingerprint density at radius 3 is 2.30 bits per heavy atom. The van der Waals surface area contributed by atoms with Crippen molar-refractivity contribution < 1.29 is 13.2 Å². The van der Waals surface area contributed by atoms with Crippen LogP contribution in [0, 0.1) is 5.92 Å². The Morgan fingerprint density at radius 1 is 0.957 bits per heavy atom. The van der Waals surface area contributed by atoms with E-state index in [-0.39, 0.29) is 23.3 Å². The van der Waals surface area contributed by atoms with E-state index >= 15 is 0 Å². The standard InChI is InChI=1S/C18H19NO3S/c20-18(16-9-10-16)19-17-8-4-7-15(11-17)13-23(21,22)12-14-5-2-1-3-6-14/h1-8,11,16H,9-10,12-13H2,(H,19,20). The summed E-state index contributed by atoms with van der Waals surface area (Å²) >= 11 is 0. The lowest BCUT2D eigenvalue weighted by molar-refractivity contribution is -0.117. The summed E-state index contributed by atoms with van der Waals surface area (Å²) < 4.78 is 24.7. The minimum Gasteiger partial charge on any atom is -0.326 e. The van der Waals surface area contributed by atoms with Crippen molar-refractivity contribution in [2.24, 2.45) is 5.92 Å². The number of benzene rings is 2. The number of anilines is 1. The highest BCUT2D eigenvalue weighted by Crippen LogP contribution is 2.30. The summed E-state index contributed by atoms with van der Waals surface area (Å²) in [6.07, 6.45) is 1.88. The van der Waals surface area contributed by atoms with E-state index in [2.05, 4.69) is 5.32 Å². The van der Waals surface area contributed by atoms with Gasteiger partial charge in [-0.15, -0.1) is 0 Å². The van der Waals surface area contributed by atoms with Gasteiger partial charge in [0.15, 0.2) is 9.84 Å². The van der Waals surface area contributed by atoms with Gasteiger partial charge in [-0.05, 0) is 36.1 Å². The second kappa shape index (κ2) is 6.54. The Bertz CT molecular complexity index is 796. The maximum Gasteiger partial charge on any atom is 0.227 e. The average molecular weight is 329 g/mol. The minimum atomic E-state index is -3.25. The summed E-state index contributed by atoms with van der Waals surface area (Å²) in [7, 11) is -3.25. The van der Waals surface area contributed by atoms with Crippen LogP contribution in [0.4, 0.5) is 5.69 Å². The van der Waals surface area contributed by atoms with Gasteiger partial charge in [-0.1, -0.05) is 42.5 Å². The first-order valence-corrected chi connectivity index (χ1v) is 9.48. The summed E-state index contributed by atoms with van der Waals surface area (Å²) in [4.78, 5) is 11.8. The van der Waals surface area contributed by atoms with Gasteiger partial charge < -0.3 is 5.32 Å². The quantitative estimate of drug-likeness (QED) is 0.885. The number of sulfone groups is 1. The molecule has 0 unspecified atom stereocenters. The zero-order valence-electron chi connectivity index (χ0n) is 12.7. The van der Waals surface area contributed by atoms with E-state index in [0.29, 0.717) is 11.3 Å². The van der Waals surface area contributed by atoms with E-state index < -0.39 is 9.84 Å². The number of carbonyl (C=O) groups is 1. The van der Waals surface area contributed by atoms with Crippen LogP contribution in [0.25, 0.3) is 0 Å². The first-order valence-electron chi connectivity index (χ1n) is 7.66. The van der Waals surface area contributed by atoms with Gasteiger partial charge in [0.25, 0.3) is 0 Å². The van der Waals surface area contributed by atoms with Crippen LogP contribution in [0.5, 0.6) is 0 Å². The van der Waals surface area contributed by atoms with Crippen molar-refractivity contribution in [2.75, 3.05) is 5.32 Å². The Hall–Kier alpha value is -2.14. The fourth-order valence-electron chi connectivity index (χ4n) is 2.46. The fourth-order valence-corrected chi connectivity index (χ4v) is 3.95. The van der Waals surface area contributed by atoms with Gasteiger partial charge in [0.05, 0.1) is 11.5 Å². The Kier molecular flexibility index (Phi) is 4.48. The summed E-state index contributed by atoms with van der Waals surface area (Å²) in [6, 6.07) is 16.2. The topological polar surface area (TPSA) is 63.2 Å². The van der Waals surface area contributed by atoms with E-state index in [1.807, 2.05) is 30.3 Å². The fraction of sp³-hybridized carbons (Fsp3) is 0.278. The average Bonchev–Trinajstić information content (AvgIpc) is 3.32. The molecule has 5 heteroatoms. The van der Waals surface area contributed by atoms with Gasteiger partial charge in [-0.25, -0.2) is 8.42 Å². The third-order valence-corrected chi connectivity index (χ3v) is 5.30. The highest BCUT2D eigenvalue weighted by Gasteiger charge is 2.29. The molecule has 3 rings (SSSR count). The number of carbonyl (C=O) groups excluding carboxylic acids is 1. The van der Waals surface area contributed by atoms with Crippen LogP contribution in [0.1, 0.15) is 24.0 Å². The van der Waals surface area contributed by atoms with Gasteiger partial charge in [-0.2, -0.15) is 0 Å². The first kappa shape index (κ1) is 15.7. The number of rotatable bonds is 6. The molecule has 23 heavy (non-hydrogen) atoms. The number of amides is 1. The Labute approximate surface area is 136 Å². The first-order chi connectivity index (χ1) is 11.0. The summed E-state index contributed by atoms with van der Waals surface area (Å²) in [5.74, 6) is 0.136. The molecule has 4 nitrogen and oxygen atoms in total. The molecule has 0 heterocycles. The number of hydrogen-bond donors (Lipinski definition) is 1. The van der Waals surface area contributed by atoms with Crippen LogP contribution in [-0.4, -0.2) is 14.3 Å². The molecule has 120 valence electrons. The molecular formula is C18H19NO3S. The number of nitrogens with one attached hydrogen (secondary N) is 1. The lowest BCUT2D eigenvalue weighted by Crippen LogP contribution is -2.13. The van der Waals surface area contributed by atoms with Crippen LogP contribution < -0.4 is 5.32 Å². The molecule has 2 aromatic carbocycles. The van der Waals surface area contributed by atoms with Crippen molar-refractivity contribution in [3.63, 3.8) is 0 Å². The van der Waals surface area contributed by atoms with Crippen molar-refractivity contribution in [3.8, 4) is 0 Å². The third-order valence-electron chi connectivity index (χ3n) is 3.76. The highest BCUT2D eigenvalue weighted by molar-refractivity contribution is 7.89. The van der Waals surface area contributed by atoms with Crippen molar-refractivity contribution in [2.45, 2.75) is 24.3 Å².